The van der Waals surface area contributed by atoms with Crippen LogP contribution in [0.3, 0.4) is 0 Å². The molecule has 0 aromatic heterocycles. The lowest BCUT2D eigenvalue weighted by Gasteiger charge is -1.79. The molecule has 3 nitrogen and oxygen atoms in total. The fourth-order valence-corrected chi connectivity index (χ4v) is 0.102. The molecule has 6 heavy (non-hydrogen) atoms. The smallest absolute Gasteiger partial charge is 0.240 e. The van der Waals surface area contributed by atoms with Crippen molar-refractivity contribution in [1.29, 1.82) is 0 Å². The van der Waals surface area contributed by atoms with Crippen LogP contribution < -0.4 is 5.73 Å². The van der Waals surface area contributed by atoms with Gasteiger partial charge < -0.3 is 5.11 Å². The maximum Gasteiger partial charge on any atom is 0.240 e. The molecular weight excluding hydrogens is 82.0 g/mol. The molecule has 0 bridgehead atoms. The first-order valence-corrected chi connectivity index (χ1v) is 1.62. The summed E-state index contributed by atoms with van der Waals surface area (Å²) in [6.07, 6.45) is -0.0417. The summed E-state index contributed by atoms with van der Waals surface area (Å²) in [5, 5.41) is 7.90. The number of aliphatic hydroxyl groups excluding tert-OH is 1. The highest BCUT2D eigenvalue weighted by Gasteiger charge is 1.87. The lowest BCUT2D eigenvalue weighted by molar-refractivity contribution is -0.119. The Morgan fingerprint density at radius 3 is 2.33 bits per heavy atom. The highest BCUT2D eigenvalue weighted by Crippen LogP contribution is 1.69. The minimum absolute atomic E-state index is 0.0417. The van der Waals surface area contributed by atoms with Crippen LogP contribution in [0.25, 0.3) is 0 Å². The van der Waals surface area contributed by atoms with Crippen LogP contribution >= 0.6 is 0 Å². The molecule has 0 fully saturated rings. The molecule has 1 radical (unpaired) electrons. The van der Waals surface area contributed by atoms with Crippen molar-refractivity contribution in [2.45, 2.75) is 6.42 Å². The SMILES string of the molecule is [NH]C(=O)CCO. The largest absolute Gasteiger partial charge is 0.396 e. The van der Waals surface area contributed by atoms with Gasteiger partial charge in [-0.05, 0) is 0 Å². The van der Waals surface area contributed by atoms with Gasteiger partial charge in [-0.1, -0.05) is 0 Å². The summed E-state index contributed by atoms with van der Waals surface area (Å²) in [7, 11) is 0. The third-order valence-electron chi connectivity index (χ3n) is 0.339. The molecule has 35 valence electrons. The summed E-state index contributed by atoms with van der Waals surface area (Å²) in [5.41, 5.74) is 6.18. The number of amides is 1. The normalized spacial score (nSPS) is 8.17. The second-order valence-corrected chi connectivity index (χ2v) is 0.897. The lowest BCUT2D eigenvalue weighted by Crippen LogP contribution is -1.99. The highest BCUT2D eigenvalue weighted by atomic mass is 16.3. The molecule has 0 saturated carbocycles. The van der Waals surface area contributed by atoms with Crippen LogP contribution in [0.1, 0.15) is 6.42 Å². The zero-order chi connectivity index (χ0) is 4.99. The van der Waals surface area contributed by atoms with Crippen molar-refractivity contribution in [3.8, 4) is 0 Å². The standard InChI is InChI=1S/C3H6NO2/c4-3(6)1-2-5/h4-5H,1-2H2. The molecular formula is C3H6NO2. The first kappa shape index (κ1) is 5.43. The van der Waals surface area contributed by atoms with E-state index in [0.717, 1.165) is 0 Å². The van der Waals surface area contributed by atoms with E-state index in [0.29, 0.717) is 0 Å². The second-order valence-electron chi connectivity index (χ2n) is 0.897. The van der Waals surface area contributed by atoms with Gasteiger partial charge in [0.1, 0.15) is 0 Å². The quantitative estimate of drug-likeness (QED) is 0.479. The zero-order valence-corrected chi connectivity index (χ0v) is 3.27. The van der Waals surface area contributed by atoms with Crippen LogP contribution in [0.4, 0.5) is 0 Å². The van der Waals surface area contributed by atoms with Gasteiger partial charge in [0.2, 0.25) is 5.91 Å². The van der Waals surface area contributed by atoms with Gasteiger partial charge in [0.15, 0.2) is 0 Å². The molecule has 2 N–H and O–H groups in total. The van der Waals surface area contributed by atoms with Gasteiger partial charge >= 0.3 is 0 Å². The van der Waals surface area contributed by atoms with Gasteiger partial charge in [0, 0.05) is 0 Å². The molecule has 3 heteroatoms. The molecule has 0 aromatic rings. The van der Waals surface area contributed by atoms with Gasteiger partial charge in [-0.3, -0.25) is 10.5 Å². The van der Waals surface area contributed by atoms with Crippen molar-refractivity contribution in [3.63, 3.8) is 0 Å². The Hall–Kier alpha value is -0.570. The maximum absolute atomic E-state index is 9.55. The first-order valence-electron chi connectivity index (χ1n) is 1.62. The highest BCUT2D eigenvalue weighted by molar-refractivity contribution is 5.72. The molecule has 0 rings (SSSR count). The molecule has 0 heterocycles. The van der Waals surface area contributed by atoms with Crippen LogP contribution in [0.15, 0.2) is 0 Å². The number of nitrogens with one attached hydrogen (secondary N) is 1. The molecule has 0 aromatic carbocycles. The number of aliphatic hydroxyl groups is 1. The van der Waals surface area contributed by atoms with E-state index in [1.807, 2.05) is 0 Å². The van der Waals surface area contributed by atoms with Crippen molar-refractivity contribution in [2.24, 2.45) is 0 Å². The van der Waals surface area contributed by atoms with E-state index in [2.05, 4.69) is 0 Å². The number of carbonyl (C=O) groups is 1. The molecule has 0 aliphatic rings. The molecule has 0 atom stereocenters. The Morgan fingerprint density at radius 1 is 1.83 bits per heavy atom. The van der Waals surface area contributed by atoms with Crippen molar-refractivity contribution in [3.05, 3.63) is 0 Å². The molecule has 1 amide bonds. The van der Waals surface area contributed by atoms with Crippen molar-refractivity contribution >= 4 is 5.91 Å². The third-order valence-corrected chi connectivity index (χ3v) is 0.339. The summed E-state index contributed by atoms with van der Waals surface area (Å²) in [6, 6.07) is 0. The molecule has 0 spiro atoms. The predicted octanol–water partition coefficient (Wildman–Crippen LogP) is -0.822. The molecule has 0 saturated heterocycles. The third kappa shape index (κ3) is 3.43. The summed E-state index contributed by atoms with van der Waals surface area (Å²) in [5.74, 6) is -0.711. The van der Waals surface area contributed by atoms with E-state index in [1.165, 1.54) is 0 Å². The first-order chi connectivity index (χ1) is 2.77. The Kier molecular flexibility index (Phi) is 2.40. The van der Waals surface area contributed by atoms with Gasteiger partial charge in [-0.2, -0.15) is 0 Å². The van der Waals surface area contributed by atoms with Gasteiger partial charge in [0.05, 0.1) is 13.0 Å². The summed E-state index contributed by atoms with van der Waals surface area (Å²) in [6.45, 7) is -0.206. The molecule has 0 aliphatic carbocycles. The predicted molar refractivity (Wildman–Crippen MR) is 19.8 cm³/mol. The molecule has 0 unspecified atom stereocenters. The number of carbonyl (C=O) groups excluding carboxylic acids is 1. The Morgan fingerprint density at radius 2 is 2.33 bits per heavy atom. The number of hydrogen-bond acceptors (Lipinski definition) is 2. The number of hydrogen-bond donors (Lipinski definition) is 1. The maximum atomic E-state index is 9.55. The van der Waals surface area contributed by atoms with E-state index < -0.39 is 5.91 Å². The van der Waals surface area contributed by atoms with Gasteiger partial charge in [0.25, 0.3) is 0 Å². The Balaban J connectivity index is 2.83. The van der Waals surface area contributed by atoms with Crippen LogP contribution in [0, 0.1) is 0 Å². The lowest BCUT2D eigenvalue weighted by atomic mass is 10.4. The van der Waals surface area contributed by atoms with Crippen molar-refractivity contribution in [2.75, 3.05) is 6.61 Å². The van der Waals surface area contributed by atoms with Gasteiger partial charge in [-0.15, -0.1) is 0 Å². The minimum atomic E-state index is -0.711. The Bertz CT molecular complexity index is 52.8. The van der Waals surface area contributed by atoms with E-state index >= 15 is 0 Å². The summed E-state index contributed by atoms with van der Waals surface area (Å²) >= 11 is 0. The van der Waals surface area contributed by atoms with E-state index in [9.17, 15) is 4.79 Å². The minimum Gasteiger partial charge on any atom is -0.396 e. The number of rotatable bonds is 2. The molecule has 0 aliphatic heterocycles. The summed E-state index contributed by atoms with van der Waals surface area (Å²) in [4.78, 5) is 9.55. The second kappa shape index (κ2) is 2.66. The van der Waals surface area contributed by atoms with E-state index in [1.54, 1.807) is 0 Å². The van der Waals surface area contributed by atoms with Crippen molar-refractivity contribution < 1.29 is 9.90 Å². The van der Waals surface area contributed by atoms with E-state index in [4.69, 9.17) is 10.8 Å². The van der Waals surface area contributed by atoms with E-state index in [-0.39, 0.29) is 13.0 Å². The Labute approximate surface area is 35.8 Å². The summed E-state index contributed by atoms with van der Waals surface area (Å²) < 4.78 is 0. The van der Waals surface area contributed by atoms with Crippen LogP contribution in [0.2, 0.25) is 0 Å². The zero-order valence-electron chi connectivity index (χ0n) is 3.27. The van der Waals surface area contributed by atoms with Gasteiger partial charge in [-0.25, -0.2) is 0 Å². The van der Waals surface area contributed by atoms with Crippen molar-refractivity contribution in [1.82, 2.24) is 5.73 Å². The van der Waals surface area contributed by atoms with Crippen LogP contribution in [-0.4, -0.2) is 17.6 Å². The van der Waals surface area contributed by atoms with Crippen LogP contribution in [-0.2, 0) is 4.79 Å². The fourth-order valence-electron chi connectivity index (χ4n) is 0.102. The average Bonchev–Trinajstić information content (AvgIpc) is 1.35. The van der Waals surface area contributed by atoms with Crippen LogP contribution in [0.5, 0.6) is 0 Å². The monoisotopic (exact) mass is 88.0 g/mol. The fraction of sp³-hybridized carbons (Fsp3) is 0.667. The topological polar surface area (TPSA) is 61.1 Å². The average molecular weight is 88.1 g/mol.